The van der Waals surface area contributed by atoms with E-state index in [4.69, 9.17) is 0 Å². The molecule has 0 fully saturated rings. The van der Waals surface area contributed by atoms with Crippen LogP contribution in [0.4, 0.5) is 5.69 Å². The van der Waals surface area contributed by atoms with E-state index in [2.05, 4.69) is 25.8 Å². The molecule has 3 rings (SSSR count). The van der Waals surface area contributed by atoms with Gasteiger partial charge in [0.05, 0.1) is 11.2 Å². The zero-order chi connectivity index (χ0) is 12.2. The van der Waals surface area contributed by atoms with Crippen molar-refractivity contribution in [3.05, 3.63) is 41.7 Å². The highest BCUT2D eigenvalue weighted by Gasteiger charge is 2.04. The number of fused-ring (bicyclic) bond motifs is 1. The van der Waals surface area contributed by atoms with Gasteiger partial charge in [-0.05, 0) is 31.0 Å². The zero-order valence-electron chi connectivity index (χ0n) is 9.71. The van der Waals surface area contributed by atoms with Gasteiger partial charge in [-0.1, -0.05) is 6.08 Å². The Morgan fingerprint density at radius 2 is 2.11 bits per heavy atom. The first-order chi connectivity index (χ1) is 8.93. The molecule has 18 heavy (non-hydrogen) atoms. The number of hydrogen-bond acceptors (Lipinski definition) is 5. The second-order valence-corrected chi connectivity index (χ2v) is 4.69. The molecule has 0 spiro atoms. The Hall–Kier alpha value is -1.88. The Balaban J connectivity index is 1.82. The number of allylic oxidation sites excluding steroid dienone is 1. The Labute approximate surface area is 109 Å². The fraction of sp³-hybridized carbons (Fsp3) is 0.154. The second kappa shape index (κ2) is 5.18. The third-order valence-electron chi connectivity index (χ3n) is 2.60. The van der Waals surface area contributed by atoms with Crippen LogP contribution >= 0.6 is 11.9 Å². The summed E-state index contributed by atoms with van der Waals surface area (Å²) in [5.41, 5.74) is 2.74. The topological polar surface area (TPSA) is 50.2 Å². The van der Waals surface area contributed by atoms with Crippen LogP contribution < -0.4 is 4.72 Å². The maximum atomic E-state index is 4.35. The first kappa shape index (κ1) is 11.2. The summed E-state index contributed by atoms with van der Waals surface area (Å²) in [5.74, 6) is 0. The van der Waals surface area contributed by atoms with E-state index in [1.54, 1.807) is 12.4 Å². The van der Waals surface area contributed by atoms with Crippen LogP contribution in [-0.2, 0) is 0 Å². The van der Waals surface area contributed by atoms with Crippen LogP contribution in [0.1, 0.15) is 12.8 Å². The van der Waals surface area contributed by atoms with E-state index in [-0.39, 0.29) is 0 Å². The van der Waals surface area contributed by atoms with Crippen molar-refractivity contribution in [3.63, 3.8) is 0 Å². The van der Waals surface area contributed by atoms with E-state index in [9.17, 15) is 0 Å². The highest BCUT2D eigenvalue weighted by Crippen LogP contribution is 2.26. The van der Waals surface area contributed by atoms with Crippen LogP contribution in [0.15, 0.2) is 46.7 Å². The molecule has 0 amide bonds. The molecule has 90 valence electrons. The van der Waals surface area contributed by atoms with Crippen LogP contribution in [0.3, 0.4) is 0 Å². The maximum absolute atomic E-state index is 4.35. The molecule has 0 aliphatic carbocycles. The highest BCUT2D eigenvalue weighted by molar-refractivity contribution is 8.04. The van der Waals surface area contributed by atoms with E-state index in [1.165, 1.54) is 11.9 Å². The van der Waals surface area contributed by atoms with Gasteiger partial charge >= 0.3 is 0 Å². The van der Waals surface area contributed by atoms with Gasteiger partial charge in [-0.3, -0.25) is 15.0 Å². The maximum Gasteiger partial charge on any atom is 0.113 e. The molecule has 1 aliphatic heterocycles. The average molecular weight is 256 g/mol. The standard InChI is InChI=1S/C13H12N4S/c1-2-7-15-12(5-1)18-17-11-6-9-14-10-4-3-8-16-13(10)11/h3-9H,1-2H2,(H,14,17). The lowest BCUT2D eigenvalue weighted by atomic mass is 10.3. The summed E-state index contributed by atoms with van der Waals surface area (Å²) in [6.07, 6.45) is 9.73. The number of hydrogen-bond donors (Lipinski definition) is 1. The fourth-order valence-electron chi connectivity index (χ4n) is 1.73. The van der Waals surface area contributed by atoms with Crippen molar-refractivity contribution < 1.29 is 0 Å². The summed E-state index contributed by atoms with van der Waals surface area (Å²) < 4.78 is 3.29. The number of pyridine rings is 2. The molecule has 0 aromatic carbocycles. The Kier molecular flexibility index (Phi) is 3.23. The van der Waals surface area contributed by atoms with Crippen molar-refractivity contribution in [1.82, 2.24) is 9.97 Å². The summed E-state index contributed by atoms with van der Waals surface area (Å²) in [7, 11) is 0. The minimum Gasteiger partial charge on any atom is -0.322 e. The lowest BCUT2D eigenvalue weighted by molar-refractivity contribution is 1.08. The van der Waals surface area contributed by atoms with Gasteiger partial charge in [-0.15, -0.1) is 0 Å². The Morgan fingerprint density at radius 3 is 3.00 bits per heavy atom. The van der Waals surface area contributed by atoms with Gasteiger partial charge in [-0.2, -0.15) is 0 Å². The lowest BCUT2D eigenvalue weighted by Gasteiger charge is -2.09. The lowest BCUT2D eigenvalue weighted by Crippen LogP contribution is -1.93. The molecule has 0 saturated heterocycles. The minimum atomic E-state index is 0.882. The summed E-state index contributed by atoms with van der Waals surface area (Å²) >= 11 is 1.51. The molecule has 2 aromatic rings. The second-order valence-electron chi connectivity index (χ2n) is 3.87. The number of anilines is 1. The first-order valence-electron chi connectivity index (χ1n) is 5.79. The van der Waals surface area contributed by atoms with Gasteiger partial charge in [0.2, 0.25) is 0 Å². The third-order valence-corrected chi connectivity index (χ3v) is 3.40. The Bertz CT molecular complexity index is 616. The summed E-state index contributed by atoms with van der Waals surface area (Å²) in [4.78, 5) is 13.0. The van der Waals surface area contributed by atoms with E-state index < -0.39 is 0 Å². The van der Waals surface area contributed by atoms with E-state index in [0.717, 1.165) is 34.6 Å². The molecule has 1 N–H and O–H groups in total. The normalized spacial score (nSPS) is 14.6. The first-order valence-corrected chi connectivity index (χ1v) is 6.60. The van der Waals surface area contributed by atoms with Crippen LogP contribution in [0.25, 0.3) is 11.0 Å². The monoisotopic (exact) mass is 256 g/mol. The van der Waals surface area contributed by atoms with Crippen LogP contribution in [0, 0.1) is 0 Å². The molecular weight excluding hydrogens is 244 g/mol. The van der Waals surface area contributed by atoms with Gasteiger partial charge < -0.3 is 4.72 Å². The molecule has 0 unspecified atom stereocenters. The van der Waals surface area contributed by atoms with Crippen LogP contribution in [-0.4, -0.2) is 16.2 Å². The molecule has 0 atom stereocenters. The zero-order valence-corrected chi connectivity index (χ0v) is 10.5. The summed E-state index contributed by atoms with van der Waals surface area (Å²) in [6, 6.07) is 5.77. The smallest absolute Gasteiger partial charge is 0.113 e. The summed E-state index contributed by atoms with van der Waals surface area (Å²) in [5, 5.41) is 1.00. The predicted octanol–water partition coefficient (Wildman–Crippen LogP) is 3.40. The van der Waals surface area contributed by atoms with Crippen molar-refractivity contribution in [3.8, 4) is 0 Å². The van der Waals surface area contributed by atoms with Crippen molar-refractivity contribution >= 4 is 34.9 Å². The molecule has 0 bridgehead atoms. The van der Waals surface area contributed by atoms with Crippen molar-refractivity contribution in [2.45, 2.75) is 12.8 Å². The molecule has 4 nitrogen and oxygen atoms in total. The molecular formula is C13H12N4S. The Morgan fingerprint density at radius 1 is 1.11 bits per heavy atom. The van der Waals surface area contributed by atoms with Crippen LogP contribution in [0.2, 0.25) is 0 Å². The number of aromatic nitrogens is 2. The van der Waals surface area contributed by atoms with E-state index in [0.29, 0.717) is 0 Å². The summed E-state index contributed by atoms with van der Waals surface area (Å²) in [6.45, 7) is 0. The molecule has 5 heteroatoms. The third kappa shape index (κ3) is 2.36. The van der Waals surface area contributed by atoms with Crippen LogP contribution in [0.5, 0.6) is 0 Å². The number of aliphatic imine (C=N–C) groups is 1. The van der Waals surface area contributed by atoms with Gasteiger partial charge in [-0.25, -0.2) is 0 Å². The average Bonchev–Trinajstić information content (AvgIpc) is 2.46. The fourth-order valence-corrected chi connectivity index (χ4v) is 2.43. The van der Waals surface area contributed by atoms with Crippen molar-refractivity contribution in [2.24, 2.45) is 4.99 Å². The van der Waals surface area contributed by atoms with Crippen molar-refractivity contribution in [1.29, 1.82) is 0 Å². The quantitative estimate of drug-likeness (QED) is 0.855. The van der Waals surface area contributed by atoms with Gasteiger partial charge in [0.1, 0.15) is 10.5 Å². The number of nitrogens with zero attached hydrogens (tertiary/aromatic N) is 3. The molecule has 3 heterocycles. The number of nitrogens with one attached hydrogen (secondary N) is 1. The highest BCUT2D eigenvalue weighted by atomic mass is 32.2. The van der Waals surface area contributed by atoms with Gasteiger partial charge in [0.25, 0.3) is 0 Å². The van der Waals surface area contributed by atoms with Gasteiger partial charge in [0, 0.05) is 30.6 Å². The van der Waals surface area contributed by atoms with Crippen molar-refractivity contribution in [2.75, 3.05) is 4.72 Å². The molecule has 0 saturated carbocycles. The molecule has 1 aliphatic rings. The molecule has 0 radical (unpaired) electrons. The molecule has 2 aromatic heterocycles. The largest absolute Gasteiger partial charge is 0.322 e. The minimum absolute atomic E-state index is 0.882. The van der Waals surface area contributed by atoms with E-state index >= 15 is 0 Å². The number of rotatable bonds is 3. The predicted molar refractivity (Wildman–Crippen MR) is 76.6 cm³/mol. The van der Waals surface area contributed by atoms with E-state index in [1.807, 2.05) is 24.4 Å². The SMILES string of the molecule is C1=NC(SNc2ccnc3cccnc23)=CCC1. The van der Waals surface area contributed by atoms with Gasteiger partial charge in [0.15, 0.2) is 0 Å².